The first-order chi connectivity index (χ1) is 11.0. The minimum absolute atomic E-state index is 0.0206. The monoisotopic (exact) mass is 353 g/mol. The zero-order valence-corrected chi connectivity index (χ0v) is 16.0. The summed E-state index contributed by atoms with van der Waals surface area (Å²) < 4.78 is 0.789. The molecule has 1 rings (SSSR count). The lowest BCUT2D eigenvalue weighted by atomic mass is 10.1. The highest BCUT2D eigenvalue weighted by atomic mass is 32.2. The largest absolute Gasteiger partial charge is 0.358 e. The molecule has 0 aliphatic carbocycles. The lowest BCUT2D eigenvalue weighted by Crippen LogP contribution is -2.36. The number of hydrogen-bond acceptors (Lipinski definition) is 4. The van der Waals surface area contributed by atoms with Gasteiger partial charge in [-0.05, 0) is 33.5 Å². The van der Waals surface area contributed by atoms with Crippen molar-refractivity contribution in [2.75, 3.05) is 39.5 Å². The second-order valence-corrected chi connectivity index (χ2v) is 7.03. The van der Waals surface area contributed by atoms with Crippen LogP contribution in [0.5, 0.6) is 0 Å². The molecule has 0 fully saturated rings. The lowest BCUT2D eigenvalue weighted by molar-refractivity contribution is -0.118. The van der Waals surface area contributed by atoms with Crippen molar-refractivity contribution in [3.05, 3.63) is 35.9 Å². The number of nitrogens with one attached hydrogen (secondary N) is 1. The molecule has 0 saturated carbocycles. The zero-order chi connectivity index (χ0) is 17.2. The molecule has 0 bridgehead atoms. The van der Waals surface area contributed by atoms with Gasteiger partial charge in [-0.3, -0.25) is 4.79 Å². The van der Waals surface area contributed by atoms with E-state index in [-0.39, 0.29) is 11.9 Å². The van der Waals surface area contributed by atoms with E-state index in [1.54, 1.807) is 0 Å². The van der Waals surface area contributed by atoms with Crippen molar-refractivity contribution in [1.82, 2.24) is 15.1 Å². The minimum atomic E-state index is 0.0206. The Balaban J connectivity index is 2.46. The smallest absolute Gasteiger partial charge is 0.230 e. The number of amides is 1. The van der Waals surface area contributed by atoms with Crippen LogP contribution in [0.1, 0.15) is 25.5 Å². The fraction of sp³-hybridized carbons (Fsp3) is 0.529. The molecule has 4 nitrogen and oxygen atoms in total. The number of carbonyl (C=O) groups excluding carboxylic acids is 1. The molecule has 0 aromatic heterocycles. The Morgan fingerprint density at radius 3 is 2.35 bits per heavy atom. The first-order valence-electron chi connectivity index (χ1n) is 7.89. The van der Waals surface area contributed by atoms with Crippen LogP contribution in [0.4, 0.5) is 0 Å². The predicted molar refractivity (Wildman–Crippen MR) is 104 cm³/mol. The number of nitrogens with zero attached hydrogens (tertiary/aromatic N) is 2. The third-order valence-corrected chi connectivity index (χ3v) is 5.17. The molecule has 1 aromatic carbocycles. The van der Waals surface area contributed by atoms with Crippen molar-refractivity contribution in [1.29, 1.82) is 0 Å². The molecule has 0 saturated heterocycles. The van der Waals surface area contributed by atoms with Gasteiger partial charge in [-0.15, -0.1) is 0 Å². The van der Waals surface area contributed by atoms with Gasteiger partial charge in [0, 0.05) is 19.6 Å². The number of benzene rings is 1. The summed E-state index contributed by atoms with van der Waals surface area (Å²) >= 11 is 6.78. The van der Waals surface area contributed by atoms with Gasteiger partial charge in [0.2, 0.25) is 5.91 Å². The van der Waals surface area contributed by atoms with Crippen molar-refractivity contribution in [2.24, 2.45) is 0 Å². The van der Waals surface area contributed by atoms with Crippen molar-refractivity contribution in [2.45, 2.75) is 19.9 Å². The molecule has 23 heavy (non-hydrogen) atoms. The molecular formula is C17H27N3OS2. The maximum atomic E-state index is 12.1. The van der Waals surface area contributed by atoms with E-state index >= 15 is 0 Å². The van der Waals surface area contributed by atoms with Gasteiger partial charge in [0.15, 0.2) is 0 Å². The van der Waals surface area contributed by atoms with Crippen LogP contribution in [0.2, 0.25) is 0 Å². The highest BCUT2D eigenvalue weighted by Gasteiger charge is 2.15. The molecule has 0 aliphatic rings. The van der Waals surface area contributed by atoms with E-state index in [4.69, 9.17) is 12.2 Å². The average Bonchev–Trinajstić information content (AvgIpc) is 2.55. The predicted octanol–water partition coefficient (Wildman–Crippen LogP) is 2.77. The third kappa shape index (κ3) is 6.89. The van der Waals surface area contributed by atoms with E-state index in [9.17, 15) is 4.79 Å². The second-order valence-electron chi connectivity index (χ2n) is 5.42. The first kappa shape index (κ1) is 19.9. The molecule has 128 valence electrons. The molecule has 6 heteroatoms. The van der Waals surface area contributed by atoms with Gasteiger partial charge in [-0.2, -0.15) is 0 Å². The first-order valence-corrected chi connectivity index (χ1v) is 9.28. The highest BCUT2D eigenvalue weighted by Crippen LogP contribution is 2.17. The van der Waals surface area contributed by atoms with E-state index in [1.165, 1.54) is 17.3 Å². The Bertz CT molecular complexity index is 490. The molecule has 1 atom stereocenters. The molecule has 1 N–H and O–H groups in total. The lowest BCUT2D eigenvalue weighted by Gasteiger charge is -2.25. The van der Waals surface area contributed by atoms with Gasteiger partial charge >= 0.3 is 0 Å². The van der Waals surface area contributed by atoms with Crippen LogP contribution in [-0.4, -0.2) is 59.5 Å². The Hall–Kier alpha value is -1.11. The van der Waals surface area contributed by atoms with Crippen LogP contribution in [-0.2, 0) is 4.79 Å². The quantitative estimate of drug-likeness (QED) is 0.727. The van der Waals surface area contributed by atoms with Crippen LogP contribution in [0.15, 0.2) is 30.3 Å². The van der Waals surface area contributed by atoms with Crippen LogP contribution < -0.4 is 5.32 Å². The molecule has 0 heterocycles. The van der Waals surface area contributed by atoms with E-state index < -0.39 is 0 Å². The summed E-state index contributed by atoms with van der Waals surface area (Å²) in [4.78, 5) is 16.3. The summed E-state index contributed by atoms with van der Waals surface area (Å²) in [5, 5.41) is 3.01. The van der Waals surface area contributed by atoms with E-state index in [0.29, 0.717) is 12.3 Å². The number of thioether (sulfide) groups is 1. The second kappa shape index (κ2) is 10.6. The fourth-order valence-electron chi connectivity index (χ4n) is 2.24. The fourth-order valence-corrected chi connectivity index (χ4v) is 3.47. The highest BCUT2D eigenvalue weighted by molar-refractivity contribution is 8.23. The Morgan fingerprint density at radius 2 is 1.83 bits per heavy atom. The van der Waals surface area contributed by atoms with Gasteiger partial charge in [-0.1, -0.05) is 54.3 Å². The van der Waals surface area contributed by atoms with Gasteiger partial charge in [-0.25, -0.2) is 0 Å². The molecule has 1 amide bonds. The van der Waals surface area contributed by atoms with Crippen molar-refractivity contribution in [3.8, 4) is 0 Å². The van der Waals surface area contributed by atoms with Gasteiger partial charge in [0.25, 0.3) is 0 Å². The molecular weight excluding hydrogens is 326 g/mol. The maximum Gasteiger partial charge on any atom is 0.230 e. The molecule has 1 aromatic rings. The van der Waals surface area contributed by atoms with Crippen molar-refractivity contribution >= 4 is 34.2 Å². The number of likely N-dealkylation sites (N-methyl/N-ethyl adjacent to an activating group) is 1. The maximum absolute atomic E-state index is 12.1. The summed E-state index contributed by atoms with van der Waals surface area (Å²) in [6.45, 7) is 6.48. The Labute approximate surface area is 149 Å². The van der Waals surface area contributed by atoms with Gasteiger partial charge in [0.1, 0.15) is 4.32 Å². The summed E-state index contributed by atoms with van der Waals surface area (Å²) in [6, 6.07) is 10.4. The molecule has 0 aliphatic heterocycles. The third-order valence-electron chi connectivity index (χ3n) is 3.65. The molecule has 0 unspecified atom stereocenters. The molecule has 0 radical (unpaired) electrons. The van der Waals surface area contributed by atoms with Crippen LogP contribution >= 0.6 is 24.0 Å². The average molecular weight is 354 g/mol. The Kier molecular flexibility index (Phi) is 9.21. The molecule has 0 spiro atoms. The van der Waals surface area contributed by atoms with Gasteiger partial charge in [0.05, 0.1) is 11.8 Å². The number of rotatable bonds is 8. The van der Waals surface area contributed by atoms with E-state index in [1.807, 2.05) is 32.3 Å². The Morgan fingerprint density at radius 1 is 1.22 bits per heavy atom. The van der Waals surface area contributed by atoms with Gasteiger partial charge < -0.3 is 15.1 Å². The van der Waals surface area contributed by atoms with Crippen LogP contribution in [0, 0.1) is 0 Å². The minimum Gasteiger partial charge on any atom is -0.358 e. The summed E-state index contributed by atoms with van der Waals surface area (Å²) in [5.41, 5.74) is 1.20. The number of carbonyl (C=O) groups is 1. The number of thiocarbonyl (C=S) groups is 1. The normalized spacial score (nSPS) is 12.0. The summed E-state index contributed by atoms with van der Waals surface area (Å²) in [6.07, 6.45) is 0. The van der Waals surface area contributed by atoms with E-state index in [0.717, 1.165) is 17.4 Å². The SMILES string of the molecule is CCN(CC)C(=S)SCC(=O)NC[C@@H](c1ccccc1)N(C)C. The van der Waals surface area contributed by atoms with Crippen molar-refractivity contribution in [3.63, 3.8) is 0 Å². The van der Waals surface area contributed by atoms with E-state index in [2.05, 4.69) is 41.1 Å². The van der Waals surface area contributed by atoms with Crippen LogP contribution in [0.25, 0.3) is 0 Å². The summed E-state index contributed by atoms with van der Waals surface area (Å²) in [7, 11) is 4.04. The zero-order valence-electron chi connectivity index (χ0n) is 14.4. The van der Waals surface area contributed by atoms with Crippen LogP contribution in [0.3, 0.4) is 0 Å². The number of hydrogen-bond donors (Lipinski definition) is 1. The standard InChI is InChI=1S/C17H27N3OS2/c1-5-20(6-2)17(22)23-13-16(21)18-12-15(19(3)4)14-10-8-7-9-11-14/h7-11,15H,5-6,12-13H2,1-4H3,(H,18,21)/t15-/m0/s1. The summed E-state index contributed by atoms with van der Waals surface area (Å²) in [5.74, 6) is 0.386. The topological polar surface area (TPSA) is 35.6 Å². The van der Waals surface area contributed by atoms with Crippen molar-refractivity contribution < 1.29 is 4.79 Å².